The van der Waals surface area contributed by atoms with Crippen LogP contribution >= 0.6 is 0 Å². The Hall–Kier alpha value is -4.03. The molecule has 0 unspecified atom stereocenters. The number of nitrogens with zero attached hydrogens (tertiary/aromatic N) is 7. The van der Waals surface area contributed by atoms with Gasteiger partial charge in [-0.05, 0) is 46.8 Å². The fourth-order valence-corrected chi connectivity index (χ4v) is 4.26. The van der Waals surface area contributed by atoms with Gasteiger partial charge in [0.25, 0.3) is 0 Å². The molecule has 4 aromatic rings. The van der Waals surface area contributed by atoms with Crippen LogP contribution in [0.2, 0.25) is 0 Å². The highest BCUT2D eigenvalue weighted by atomic mass is 16.3. The molecule has 33 heavy (non-hydrogen) atoms. The zero-order chi connectivity index (χ0) is 23.9. The van der Waals surface area contributed by atoms with E-state index in [2.05, 4.69) is 31.6 Å². The predicted molar refractivity (Wildman–Crippen MR) is 125 cm³/mol. The smallest absolute Gasteiger partial charge is 0.159 e. The summed E-state index contributed by atoms with van der Waals surface area (Å²) in [5.74, 6) is 1.83. The summed E-state index contributed by atoms with van der Waals surface area (Å²) in [4.78, 5) is 8.72. The lowest BCUT2D eigenvalue weighted by Crippen LogP contribution is -2.18. The van der Waals surface area contributed by atoms with Crippen LogP contribution in [0.3, 0.4) is 0 Å². The highest BCUT2D eigenvalue weighted by molar-refractivity contribution is 5.72. The molecule has 9 nitrogen and oxygen atoms in total. The second kappa shape index (κ2) is 8.15. The summed E-state index contributed by atoms with van der Waals surface area (Å²) in [7, 11) is 1.88. The lowest BCUT2D eigenvalue weighted by atomic mass is 9.96. The molecule has 0 atom stereocenters. The third kappa shape index (κ3) is 4.08. The maximum atomic E-state index is 10.5. The van der Waals surface area contributed by atoms with Crippen LogP contribution < -0.4 is 5.32 Å². The molecule has 0 radical (unpaired) electrons. The second-order valence-electron chi connectivity index (χ2n) is 8.54. The van der Waals surface area contributed by atoms with E-state index in [0.29, 0.717) is 23.0 Å². The van der Waals surface area contributed by atoms with Crippen molar-refractivity contribution in [3.8, 4) is 23.1 Å². The van der Waals surface area contributed by atoms with Crippen molar-refractivity contribution < 1.29 is 5.11 Å². The summed E-state index contributed by atoms with van der Waals surface area (Å²) in [6.45, 7) is 9.27. The van der Waals surface area contributed by atoms with Crippen molar-refractivity contribution in [3.05, 3.63) is 64.7 Å². The average Bonchev–Trinajstić information content (AvgIpc) is 3.22. The van der Waals surface area contributed by atoms with Crippen LogP contribution in [-0.2, 0) is 12.6 Å². The maximum absolute atomic E-state index is 10.5. The van der Waals surface area contributed by atoms with Crippen LogP contribution in [0.5, 0.6) is 0 Å². The molecule has 0 amide bonds. The van der Waals surface area contributed by atoms with Gasteiger partial charge in [-0.25, -0.2) is 14.6 Å². The Balaban J connectivity index is 1.67. The molecule has 9 heteroatoms. The van der Waals surface area contributed by atoms with Gasteiger partial charge < -0.3 is 10.4 Å². The highest BCUT2D eigenvalue weighted by Crippen LogP contribution is 2.31. The van der Waals surface area contributed by atoms with Crippen molar-refractivity contribution in [2.75, 3.05) is 5.32 Å². The molecule has 0 bridgehead atoms. The molecule has 168 valence electrons. The lowest BCUT2D eigenvalue weighted by Gasteiger charge is -2.18. The average molecular weight is 443 g/mol. The van der Waals surface area contributed by atoms with E-state index in [9.17, 15) is 5.11 Å². The second-order valence-corrected chi connectivity index (χ2v) is 8.54. The predicted octanol–water partition coefficient (Wildman–Crippen LogP) is 3.83. The molecule has 2 N–H and O–H groups in total. The zero-order valence-electron chi connectivity index (χ0n) is 19.5. The monoisotopic (exact) mass is 442 g/mol. The Morgan fingerprint density at radius 3 is 2.36 bits per heavy atom. The van der Waals surface area contributed by atoms with Gasteiger partial charge in [0.2, 0.25) is 0 Å². The van der Waals surface area contributed by atoms with E-state index in [1.165, 1.54) is 6.33 Å². The van der Waals surface area contributed by atoms with Gasteiger partial charge in [0, 0.05) is 35.5 Å². The number of aliphatic hydroxyl groups is 1. The van der Waals surface area contributed by atoms with E-state index in [1.807, 2.05) is 40.0 Å². The van der Waals surface area contributed by atoms with Gasteiger partial charge in [-0.1, -0.05) is 12.1 Å². The molecular weight excluding hydrogens is 416 g/mol. The molecule has 3 aromatic heterocycles. The Morgan fingerprint density at radius 1 is 1.06 bits per heavy atom. The van der Waals surface area contributed by atoms with Crippen LogP contribution in [0.1, 0.15) is 41.9 Å². The molecule has 0 aliphatic heterocycles. The van der Waals surface area contributed by atoms with Gasteiger partial charge in [0.05, 0.1) is 28.6 Å². The largest absolute Gasteiger partial charge is 0.386 e. The molecule has 0 spiro atoms. The first kappa shape index (κ1) is 22.2. The Kier molecular flexibility index (Phi) is 5.47. The number of hydrogen-bond acceptors (Lipinski definition) is 7. The van der Waals surface area contributed by atoms with Gasteiger partial charge >= 0.3 is 0 Å². The highest BCUT2D eigenvalue weighted by Gasteiger charge is 2.26. The number of nitrogens with one attached hydrogen (secondary N) is 1. The summed E-state index contributed by atoms with van der Waals surface area (Å²) in [5, 5.41) is 32.0. The molecule has 0 saturated carbocycles. The lowest BCUT2D eigenvalue weighted by molar-refractivity contribution is 0.0772. The van der Waals surface area contributed by atoms with Crippen LogP contribution in [0, 0.1) is 32.1 Å². The van der Waals surface area contributed by atoms with E-state index in [-0.39, 0.29) is 0 Å². The van der Waals surface area contributed by atoms with E-state index in [1.54, 1.807) is 41.4 Å². The summed E-state index contributed by atoms with van der Waals surface area (Å²) >= 11 is 0. The van der Waals surface area contributed by atoms with Crippen molar-refractivity contribution in [1.29, 1.82) is 5.26 Å². The first-order chi connectivity index (χ1) is 15.6. The minimum absolute atomic E-state index is 0.574. The molecule has 4 rings (SSSR count). The number of aromatic nitrogens is 6. The normalized spacial score (nSPS) is 11.5. The summed E-state index contributed by atoms with van der Waals surface area (Å²) < 4.78 is 3.51. The van der Waals surface area contributed by atoms with Crippen molar-refractivity contribution in [2.45, 2.75) is 40.2 Å². The van der Waals surface area contributed by atoms with Gasteiger partial charge in [-0.2, -0.15) is 15.5 Å². The van der Waals surface area contributed by atoms with E-state index >= 15 is 0 Å². The Morgan fingerprint density at radius 2 is 1.76 bits per heavy atom. The van der Waals surface area contributed by atoms with Gasteiger partial charge in [0.1, 0.15) is 12.1 Å². The number of anilines is 2. The molecule has 0 aliphatic carbocycles. The van der Waals surface area contributed by atoms with E-state index in [4.69, 9.17) is 5.26 Å². The fraction of sp³-hybridized carbons (Fsp3) is 0.292. The quantitative estimate of drug-likeness (QED) is 0.482. The van der Waals surface area contributed by atoms with E-state index < -0.39 is 5.60 Å². The molecule has 0 fully saturated rings. The molecule has 1 aromatic carbocycles. The van der Waals surface area contributed by atoms with Gasteiger partial charge in [-0.15, -0.1) is 0 Å². The van der Waals surface area contributed by atoms with Gasteiger partial charge in [-0.3, -0.25) is 4.68 Å². The first-order valence-electron chi connectivity index (χ1n) is 10.5. The maximum Gasteiger partial charge on any atom is 0.159 e. The van der Waals surface area contributed by atoms with E-state index in [0.717, 1.165) is 33.8 Å². The summed E-state index contributed by atoms with van der Waals surface area (Å²) in [5.41, 5.74) is 4.84. The van der Waals surface area contributed by atoms with Crippen molar-refractivity contribution in [1.82, 2.24) is 29.5 Å². The topological polar surface area (TPSA) is 117 Å². The number of rotatable bonds is 5. The number of aryl methyl sites for hydroxylation is 2. The number of benzene rings is 1. The standard InChI is InChI=1S/C24H26N8O/c1-14-22(18-9-7-17(12-25)8-10-18)31(6)30-23(14)28-19-11-20(27-13-26-19)32-16(3)21(15(2)29-32)24(4,5)33/h7-11,13,33H,1-6H3,(H,26,27,28,30). The Labute approximate surface area is 192 Å². The van der Waals surface area contributed by atoms with Crippen molar-refractivity contribution >= 4 is 11.6 Å². The van der Waals surface area contributed by atoms with Crippen molar-refractivity contribution in [3.63, 3.8) is 0 Å². The van der Waals surface area contributed by atoms with Crippen LogP contribution in [0.25, 0.3) is 17.1 Å². The third-order valence-corrected chi connectivity index (χ3v) is 5.59. The third-order valence-electron chi connectivity index (χ3n) is 5.59. The minimum atomic E-state index is -1.01. The van der Waals surface area contributed by atoms with Crippen molar-refractivity contribution in [2.24, 2.45) is 7.05 Å². The summed E-state index contributed by atoms with van der Waals surface area (Å²) in [6, 6.07) is 11.4. The number of hydrogen-bond donors (Lipinski definition) is 2. The molecule has 0 aliphatic rings. The number of nitriles is 1. The van der Waals surface area contributed by atoms with Crippen LogP contribution in [-0.4, -0.2) is 34.6 Å². The van der Waals surface area contributed by atoms with Gasteiger partial charge in [0.15, 0.2) is 11.6 Å². The zero-order valence-corrected chi connectivity index (χ0v) is 19.5. The first-order valence-corrected chi connectivity index (χ1v) is 10.5. The van der Waals surface area contributed by atoms with Crippen LogP contribution in [0.15, 0.2) is 36.7 Å². The molecular formula is C24H26N8O. The molecule has 3 heterocycles. The Bertz CT molecular complexity index is 1370. The molecule has 0 saturated heterocycles. The fourth-order valence-electron chi connectivity index (χ4n) is 4.26. The summed E-state index contributed by atoms with van der Waals surface area (Å²) in [6.07, 6.45) is 1.47. The minimum Gasteiger partial charge on any atom is -0.386 e. The van der Waals surface area contributed by atoms with Crippen LogP contribution in [0.4, 0.5) is 11.6 Å². The SMILES string of the molecule is Cc1nn(-c2cc(Nc3nn(C)c(-c4ccc(C#N)cc4)c3C)ncn2)c(C)c1C(C)(C)O.